The molecule has 0 aliphatic rings. The van der Waals surface area contributed by atoms with Crippen molar-refractivity contribution in [1.82, 2.24) is 0 Å². The van der Waals surface area contributed by atoms with Crippen molar-refractivity contribution < 1.29 is 27.4 Å². The Morgan fingerprint density at radius 1 is 0.452 bits per heavy atom. The van der Waals surface area contributed by atoms with E-state index in [4.69, 9.17) is 22.6 Å². The van der Waals surface area contributed by atoms with Crippen LogP contribution in [0.2, 0.25) is 0 Å². The van der Waals surface area contributed by atoms with Crippen LogP contribution in [0.3, 0.4) is 0 Å². The molecule has 3 N–H and O–H groups in total. The fraction of sp³-hybridized carbons (Fsp3) is 0.912. The second kappa shape index (κ2) is 45.7. The molecule has 0 radical (unpaired) electrons. The number of aldehydes is 1. The summed E-state index contributed by atoms with van der Waals surface area (Å²) in [6.07, 6.45) is 42.8. The van der Waals surface area contributed by atoms with Crippen LogP contribution in [-0.4, -0.2) is 65.1 Å². The summed E-state index contributed by atoms with van der Waals surface area (Å²) >= 11 is 0. The van der Waals surface area contributed by atoms with E-state index < -0.39 is 10.4 Å². The Kier molecular flexibility index (Phi) is 53.4. The summed E-state index contributed by atoms with van der Waals surface area (Å²) in [6, 6.07) is 0. The summed E-state index contributed by atoms with van der Waals surface area (Å²) in [6.45, 7) is 4.92. The van der Waals surface area contributed by atoms with E-state index in [1.807, 2.05) is 0 Å². The van der Waals surface area contributed by atoms with Crippen LogP contribution in [0.5, 0.6) is 0 Å². The number of carbonyl (C=O) groups excluding carboxylic acids is 1. The molecular formula is C34H71NaO6S. The number of unbranched alkanes of at least 4 members (excludes halogenated alkanes) is 25. The second-order valence-electron chi connectivity index (χ2n) is 11.3. The van der Waals surface area contributed by atoms with Crippen LogP contribution in [0, 0.1) is 0 Å². The van der Waals surface area contributed by atoms with Gasteiger partial charge in [0.05, 0.1) is 0 Å². The van der Waals surface area contributed by atoms with Crippen LogP contribution >= 0.6 is 0 Å². The zero-order chi connectivity index (χ0) is 31.1. The number of carbonyl (C=O) groups is 1. The predicted molar refractivity (Wildman–Crippen MR) is 184 cm³/mol. The summed E-state index contributed by atoms with van der Waals surface area (Å²) in [5.41, 5.74) is 0. The van der Waals surface area contributed by atoms with Crippen molar-refractivity contribution in [2.45, 2.75) is 194 Å². The molecule has 0 fully saturated rings. The molecule has 0 rings (SSSR count). The van der Waals surface area contributed by atoms with Crippen molar-refractivity contribution in [1.29, 1.82) is 0 Å². The molecule has 0 heterocycles. The van der Waals surface area contributed by atoms with Crippen LogP contribution in [0.25, 0.3) is 0 Å². The molecule has 42 heavy (non-hydrogen) atoms. The van der Waals surface area contributed by atoms with Crippen molar-refractivity contribution in [3.8, 4) is 0 Å². The van der Waals surface area contributed by atoms with Gasteiger partial charge in [0.1, 0.15) is 6.29 Å². The van der Waals surface area contributed by atoms with Crippen molar-refractivity contribution in [3.05, 3.63) is 12.2 Å². The summed E-state index contributed by atoms with van der Waals surface area (Å²) in [4.78, 5) is 10.1. The zero-order valence-electron chi connectivity index (χ0n) is 27.2. The Morgan fingerprint density at radius 3 is 0.952 bits per heavy atom. The molecule has 0 amide bonds. The quantitative estimate of drug-likeness (QED) is 0.0249. The molecule has 0 saturated heterocycles. The molecule has 0 aromatic carbocycles. The number of allylic oxidation sites excluding steroid dienone is 2. The SMILES string of the molecule is CCCCCCCCC=CCCCCCCCC=O.CCCCCCCCCCCCCCCCO.O=S(=O)(O)O.[NaH]. The van der Waals surface area contributed by atoms with Gasteiger partial charge in [-0.15, -0.1) is 0 Å². The molecule has 0 spiro atoms. The van der Waals surface area contributed by atoms with E-state index in [1.54, 1.807) is 0 Å². The molecule has 0 unspecified atom stereocenters. The van der Waals surface area contributed by atoms with Crippen molar-refractivity contribution in [3.63, 3.8) is 0 Å². The molecular weight excluding hydrogens is 559 g/mol. The molecule has 8 heteroatoms. The standard InChI is InChI=1S/C18H34O.C16H34O.Na.H2O4S.H/c1-2-3-4-5-6-7-8-9-10-11-12-13-14-15-16-17-18-19;1-2-3-4-5-6-7-8-9-10-11-12-13-14-15-16-17;;1-5(2,3)4;/h9-10,18H,2-8,11-17H2,1H3;17H,2-16H2,1H3;;(H2,1,2,3,4);. The minimum atomic E-state index is -4.67. The van der Waals surface area contributed by atoms with Gasteiger partial charge in [0.15, 0.2) is 0 Å². The van der Waals surface area contributed by atoms with Gasteiger partial charge in [0.25, 0.3) is 0 Å². The molecule has 0 bridgehead atoms. The van der Waals surface area contributed by atoms with Gasteiger partial charge in [-0.25, -0.2) is 0 Å². The molecule has 6 nitrogen and oxygen atoms in total. The first-order valence-corrected chi connectivity index (χ1v) is 18.6. The average molecular weight is 631 g/mol. The number of aliphatic hydroxyl groups excluding tert-OH is 1. The Hall–Kier alpha value is 0.240. The van der Waals surface area contributed by atoms with E-state index in [0.29, 0.717) is 6.61 Å². The van der Waals surface area contributed by atoms with E-state index in [-0.39, 0.29) is 29.6 Å². The summed E-state index contributed by atoms with van der Waals surface area (Å²) in [7, 11) is -4.67. The molecule has 0 aromatic heterocycles. The molecule has 0 aromatic rings. The Morgan fingerprint density at radius 2 is 0.690 bits per heavy atom. The summed E-state index contributed by atoms with van der Waals surface area (Å²) in [5.74, 6) is 0. The van der Waals surface area contributed by atoms with Crippen LogP contribution in [0.15, 0.2) is 12.2 Å². The maximum absolute atomic E-state index is 10.1. The van der Waals surface area contributed by atoms with Gasteiger partial charge in [-0.3, -0.25) is 9.11 Å². The third-order valence-electron chi connectivity index (χ3n) is 7.10. The van der Waals surface area contributed by atoms with Crippen LogP contribution in [0.4, 0.5) is 0 Å². The minimum absolute atomic E-state index is 0. The second-order valence-corrected chi connectivity index (χ2v) is 12.2. The van der Waals surface area contributed by atoms with E-state index in [2.05, 4.69) is 26.0 Å². The molecule has 0 saturated carbocycles. The first-order chi connectivity index (χ1) is 19.8. The summed E-state index contributed by atoms with van der Waals surface area (Å²) in [5, 5.41) is 8.64. The van der Waals surface area contributed by atoms with Crippen molar-refractivity contribution in [2.75, 3.05) is 6.61 Å². The van der Waals surface area contributed by atoms with Gasteiger partial charge in [0.2, 0.25) is 0 Å². The number of hydrogen-bond donors (Lipinski definition) is 3. The number of rotatable bonds is 29. The van der Waals surface area contributed by atoms with Crippen LogP contribution in [-0.2, 0) is 15.2 Å². The normalized spacial score (nSPS) is 10.9. The fourth-order valence-corrected chi connectivity index (χ4v) is 4.60. The summed E-state index contributed by atoms with van der Waals surface area (Å²) < 4.78 is 31.6. The third kappa shape index (κ3) is 67.8. The third-order valence-corrected chi connectivity index (χ3v) is 7.10. The first kappa shape index (κ1) is 49.1. The Bertz CT molecular complexity index is 577. The number of aliphatic hydroxyl groups is 1. The fourth-order valence-electron chi connectivity index (χ4n) is 4.60. The average Bonchev–Trinajstić information content (AvgIpc) is 2.93. The molecule has 250 valence electrons. The molecule has 0 atom stereocenters. The maximum atomic E-state index is 10.1. The van der Waals surface area contributed by atoms with Gasteiger partial charge < -0.3 is 9.90 Å². The van der Waals surface area contributed by atoms with E-state index in [9.17, 15) is 4.79 Å². The van der Waals surface area contributed by atoms with E-state index >= 15 is 0 Å². The van der Waals surface area contributed by atoms with Crippen LogP contribution < -0.4 is 0 Å². The predicted octanol–water partition coefficient (Wildman–Crippen LogP) is 10.4. The van der Waals surface area contributed by atoms with Gasteiger partial charge >= 0.3 is 40.0 Å². The topological polar surface area (TPSA) is 112 Å². The van der Waals surface area contributed by atoms with Crippen molar-refractivity contribution >= 4 is 46.2 Å². The van der Waals surface area contributed by atoms with Gasteiger partial charge in [-0.05, 0) is 38.5 Å². The van der Waals surface area contributed by atoms with Crippen LogP contribution in [0.1, 0.15) is 194 Å². The zero-order valence-corrected chi connectivity index (χ0v) is 28.0. The van der Waals surface area contributed by atoms with Crippen molar-refractivity contribution in [2.24, 2.45) is 0 Å². The molecule has 0 aliphatic carbocycles. The van der Waals surface area contributed by atoms with E-state index in [0.717, 1.165) is 25.5 Å². The Balaban J connectivity index is -0.000000291. The Labute approximate surface area is 284 Å². The van der Waals surface area contributed by atoms with Gasteiger partial charge in [-0.2, -0.15) is 8.42 Å². The number of hydrogen-bond acceptors (Lipinski definition) is 4. The monoisotopic (exact) mass is 630 g/mol. The molecule has 0 aliphatic heterocycles. The first-order valence-electron chi connectivity index (χ1n) is 17.2. The van der Waals surface area contributed by atoms with Gasteiger partial charge in [0, 0.05) is 13.0 Å². The van der Waals surface area contributed by atoms with E-state index in [1.165, 1.54) is 161 Å². The van der Waals surface area contributed by atoms with Gasteiger partial charge in [-0.1, -0.05) is 161 Å².